The summed E-state index contributed by atoms with van der Waals surface area (Å²) >= 11 is 2.96. The van der Waals surface area contributed by atoms with Crippen LogP contribution in [-0.2, 0) is 20.8 Å². The van der Waals surface area contributed by atoms with Gasteiger partial charge in [0.1, 0.15) is 5.69 Å². The van der Waals surface area contributed by atoms with Crippen LogP contribution in [0.15, 0.2) is 21.6 Å². The summed E-state index contributed by atoms with van der Waals surface area (Å²) in [5, 5.41) is -1.32. The van der Waals surface area contributed by atoms with Crippen LogP contribution in [0.4, 0.5) is 13.2 Å². The average Bonchev–Trinajstić information content (AvgIpc) is 2.38. The van der Waals surface area contributed by atoms with E-state index < -0.39 is 32.0 Å². The van der Waals surface area contributed by atoms with E-state index in [-0.39, 0.29) is 30.5 Å². The van der Waals surface area contributed by atoms with Gasteiger partial charge in [0.2, 0.25) is 0 Å². The van der Waals surface area contributed by atoms with Crippen molar-refractivity contribution in [2.75, 3.05) is 13.2 Å². The number of pyridine rings is 1. The zero-order valence-electron chi connectivity index (χ0n) is 10.2. The number of aromatic nitrogens is 1. The molecule has 0 unspecified atom stereocenters. The fraction of sp³-hybridized carbons (Fsp3) is 0.545. The second kappa shape index (κ2) is 5.61. The Morgan fingerprint density at radius 2 is 1.85 bits per heavy atom. The van der Waals surface area contributed by atoms with Crippen molar-refractivity contribution >= 4 is 25.8 Å². The second-order valence-corrected chi connectivity index (χ2v) is 7.34. The molecule has 0 N–H and O–H groups in total. The quantitative estimate of drug-likeness (QED) is 0.799. The molecule has 0 spiro atoms. The lowest BCUT2D eigenvalue weighted by atomic mass is 10.2. The summed E-state index contributed by atoms with van der Waals surface area (Å²) in [6.07, 6.45) is -4.17. The first-order chi connectivity index (χ1) is 9.23. The van der Waals surface area contributed by atoms with E-state index in [1.165, 1.54) is 0 Å². The molecule has 112 valence electrons. The molecule has 1 aliphatic rings. The Morgan fingerprint density at radius 3 is 2.40 bits per heavy atom. The van der Waals surface area contributed by atoms with Gasteiger partial charge in [-0.3, -0.25) is 0 Å². The maximum Gasteiger partial charge on any atom is 0.433 e. The topological polar surface area (TPSA) is 56.3 Å². The minimum Gasteiger partial charge on any atom is -0.381 e. The summed E-state index contributed by atoms with van der Waals surface area (Å²) in [6, 6.07) is 1.80. The first-order valence-electron chi connectivity index (χ1n) is 5.78. The van der Waals surface area contributed by atoms with Gasteiger partial charge in [0.05, 0.1) is 9.72 Å². The van der Waals surface area contributed by atoms with Crippen LogP contribution in [0.1, 0.15) is 18.5 Å². The smallest absolute Gasteiger partial charge is 0.381 e. The number of halogens is 4. The molecule has 1 aliphatic heterocycles. The lowest BCUT2D eigenvalue weighted by Crippen LogP contribution is -2.30. The van der Waals surface area contributed by atoms with Crippen molar-refractivity contribution in [3.05, 3.63) is 22.3 Å². The third kappa shape index (κ3) is 3.15. The van der Waals surface area contributed by atoms with Crippen LogP contribution in [0, 0.1) is 0 Å². The SMILES string of the molecule is O=S(=O)(c1nc(C(F)(F)F)ccc1Br)C1CCOCC1. The predicted octanol–water partition coefficient (Wildman–Crippen LogP) is 2.82. The van der Waals surface area contributed by atoms with Gasteiger partial charge >= 0.3 is 6.18 Å². The molecule has 1 aromatic rings. The highest BCUT2D eigenvalue weighted by Gasteiger charge is 2.37. The number of nitrogens with zero attached hydrogens (tertiary/aromatic N) is 1. The number of ether oxygens (including phenoxy) is 1. The summed E-state index contributed by atoms with van der Waals surface area (Å²) in [5.41, 5.74) is -1.22. The van der Waals surface area contributed by atoms with Gasteiger partial charge in [-0.25, -0.2) is 13.4 Å². The first-order valence-corrected chi connectivity index (χ1v) is 8.12. The van der Waals surface area contributed by atoms with Crippen molar-refractivity contribution in [1.29, 1.82) is 0 Å². The van der Waals surface area contributed by atoms with E-state index in [2.05, 4.69) is 20.9 Å². The van der Waals surface area contributed by atoms with Crippen molar-refractivity contribution in [3.63, 3.8) is 0 Å². The molecule has 0 atom stereocenters. The molecule has 0 radical (unpaired) electrons. The molecule has 9 heteroatoms. The normalized spacial score (nSPS) is 18.2. The van der Waals surface area contributed by atoms with Gasteiger partial charge in [-0.2, -0.15) is 13.2 Å². The molecule has 2 rings (SSSR count). The van der Waals surface area contributed by atoms with E-state index in [4.69, 9.17) is 4.74 Å². The Morgan fingerprint density at radius 1 is 1.25 bits per heavy atom. The minimum atomic E-state index is -4.68. The van der Waals surface area contributed by atoms with Crippen LogP contribution < -0.4 is 0 Å². The minimum absolute atomic E-state index is 0.0389. The van der Waals surface area contributed by atoms with Gasteiger partial charge in [-0.15, -0.1) is 0 Å². The molecule has 1 aromatic heterocycles. The highest BCUT2D eigenvalue weighted by Crippen LogP contribution is 2.33. The van der Waals surface area contributed by atoms with Gasteiger partial charge in [-0.05, 0) is 40.9 Å². The largest absolute Gasteiger partial charge is 0.433 e. The summed E-state index contributed by atoms with van der Waals surface area (Å²) < 4.78 is 67.8. The molecule has 0 amide bonds. The molecule has 2 heterocycles. The summed E-state index contributed by atoms with van der Waals surface area (Å²) in [5.74, 6) is 0. The molecule has 1 saturated heterocycles. The van der Waals surface area contributed by atoms with Crippen molar-refractivity contribution in [2.45, 2.75) is 29.3 Å². The van der Waals surface area contributed by atoms with E-state index in [0.717, 1.165) is 12.1 Å². The lowest BCUT2D eigenvalue weighted by Gasteiger charge is -2.22. The highest BCUT2D eigenvalue weighted by molar-refractivity contribution is 9.10. The molecule has 0 aromatic carbocycles. The van der Waals surface area contributed by atoms with Crippen LogP contribution >= 0.6 is 15.9 Å². The molecule has 20 heavy (non-hydrogen) atoms. The zero-order chi connectivity index (χ0) is 15.0. The fourth-order valence-electron chi connectivity index (χ4n) is 1.92. The Kier molecular flexibility index (Phi) is 4.41. The molecule has 0 saturated carbocycles. The molecule has 0 aliphatic carbocycles. The Bertz CT molecular complexity index is 597. The highest BCUT2D eigenvalue weighted by atomic mass is 79.9. The van der Waals surface area contributed by atoms with E-state index in [1.54, 1.807) is 0 Å². The Labute approximate surface area is 122 Å². The second-order valence-electron chi connectivity index (χ2n) is 4.34. The summed E-state index contributed by atoms with van der Waals surface area (Å²) in [6.45, 7) is 0.557. The van der Waals surface area contributed by atoms with Crippen LogP contribution in [0.25, 0.3) is 0 Å². The molecule has 1 fully saturated rings. The standard InChI is InChI=1S/C11H11BrF3NO3S/c12-8-1-2-9(11(13,14)15)16-10(8)20(17,18)7-3-5-19-6-4-7/h1-2,7H,3-6H2. The first kappa shape index (κ1) is 15.7. The molecular formula is C11H11BrF3NO3S. The van der Waals surface area contributed by atoms with E-state index >= 15 is 0 Å². The Hall–Kier alpha value is -0.670. The molecule has 4 nitrogen and oxygen atoms in total. The van der Waals surface area contributed by atoms with Crippen molar-refractivity contribution in [1.82, 2.24) is 4.98 Å². The maximum atomic E-state index is 12.6. The summed E-state index contributed by atoms with van der Waals surface area (Å²) in [7, 11) is -3.91. The fourth-order valence-corrected chi connectivity index (χ4v) is 4.52. The van der Waals surface area contributed by atoms with E-state index in [1.807, 2.05) is 0 Å². The number of hydrogen-bond donors (Lipinski definition) is 0. The van der Waals surface area contributed by atoms with Crippen molar-refractivity contribution in [2.24, 2.45) is 0 Å². The Balaban J connectivity index is 2.45. The van der Waals surface area contributed by atoms with Crippen molar-refractivity contribution in [3.8, 4) is 0 Å². The average molecular weight is 374 g/mol. The van der Waals surface area contributed by atoms with Crippen LogP contribution in [0.2, 0.25) is 0 Å². The van der Waals surface area contributed by atoms with Crippen LogP contribution in [-0.4, -0.2) is 31.9 Å². The maximum absolute atomic E-state index is 12.6. The third-order valence-electron chi connectivity index (χ3n) is 2.98. The number of rotatable bonds is 2. The van der Waals surface area contributed by atoms with Gasteiger partial charge in [-0.1, -0.05) is 0 Å². The third-order valence-corrected chi connectivity index (χ3v) is 6.08. The van der Waals surface area contributed by atoms with Crippen LogP contribution in [0.5, 0.6) is 0 Å². The van der Waals surface area contributed by atoms with E-state index in [9.17, 15) is 21.6 Å². The van der Waals surface area contributed by atoms with Crippen LogP contribution in [0.3, 0.4) is 0 Å². The summed E-state index contributed by atoms with van der Waals surface area (Å²) in [4.78, 5) is 3.29. The number of hydrogen-bond acceptors (Lipinski definition) is 4. The number of alkyl halides is 3. The van der Waals surface area contributed by atoms with Gasteiger partial charge in [0.15, 0.2) is 14.9 Å². The molecule has 0 bridgehead atoms. The van der Waals surface area contributed by atoms with Gasteiger partial charge < -0.3 is 4.74 Å². The zero-order valence-corrected chi connectivity index (χ0v) is 12.6. The molecular weight excluding hydrogens is 363 g/mol. The van der Waals surface area contributed by atoms with Gasteiger partial charge in [0, 0.05) is 13.2 Å². The van der Waals surface area contributed by atoms with E-state index in [0.29, 0.717) is 0 Å². The van der Waals surface area contributed by atoms with Gasteiger partial charge in [0.25, 0.3) is 0 Å². The van der Waals surface area contributed by atoms with Crippen molar-refractivity contribution < 1.29 is 26.3 Å². The monoisotopic (exact) mass is 373 g/mol. The number of sulfone groups is 1. The lowest BCUT2D eigenvalue weighted by molar-refractivity contribution is -0.141. The predicted molar refractivity (Wildman–Crippen MR) is 68.0 cm³/mol.